The molecule has 3 rings (SSSR count). The van der Waals surface area contributed by atoms with Gasteiger partial charge in [0.25, 0.3) is 11.8 Å². The summed E-state index contributed by atoms with van der Waals surface area (Å²) in [4.78, 5) is 28.2. The second-order valence-electron chi connectivity index (χ2n) is 6.68. The Morgan fingerprint density at radius 2 is 2.00 bits per heavy atom. The fourth-order valence-electron chi connectivity index (χ4n) is 3.32. The van der Waals surface area contributed by atoms with Crippen LogP contribution >= 0.6 is 0 Å². The molecule has 2 heterocycles. The molecule has 4 N–H and O–H groups in total. The summed E-state index contributed by atoms with van der Waals surface area (Å²) in [5, 5.41) is 8.95. The molecular formula is C22H24N4O2. The molecule has 0 bridgehead atoms. The van der Waals surface area contributed by atoms with Crippen LogP contribution in [0.15, 0.2) is 24.3 Å². The van der Waals surface area contributed by atoms with Crippen molar-refractivity contribution in [1.82, 2.24) is 15.6 Å². The van der Waals surface area contributed by atoms with Gasteiger partial charge in [-0.1, -0.05) is 18.2 Å². The van der Waals surface area contributed by atoms with Crippen LogP contribution in [0.25, 0.3) is 11.6 Å². The number of carbonyl (C=O) groups is 2. The maximum absolute atomic E-state index is 12.6. The Morgan fingerprint density at radius 3 is 2.79 bits per heavy atom. The number of rotatable bonds is 7. The fourth-order valence-corrected chi connectivity index (χ4v) is 3.32. The van der Waals surface area contributed by atoms with E-state index in [-0.39, 0.29) is 11.8 Å². The molecule has 1 aromatic carbocycles. The predicted molar refractivity (Wildman–Crippen MR) is 112 cm³/mol. The van der Waals surface area contributed by atoms with Crippen molar-refractivity contribution in [1.29, 1.82) is 0 Å². The summed E-state index contributed by atoms with van der Waals surface area (Å²) in [5.74, 6) is 2.29. The smallest absolute Gasteiger partial charge is 0.256 e. The van der Waals surface area contributed by atoms with Gasteiger partial charge in [-0.2, -0.15) is 0 Å². The molecule has 0 spiro atoms. The first kappa shape index (κ1) is 19.5. The number of hydrogen-bond donors (Lipinski definition) is 4. The first-order chi connectivity index (χ1) is 13.5. The van der Waals surface area contributed by atoms with Gasteiger partial charge < -0.3 is 20.9 Å². The monoisotopic (exact) mass is 376 g/mol. The van der Waals surface area contributed by atoms with Crippen LogP contribution in [0.1, 0.15) is 39.3 Å². The molecule has 0 radical (unpaired) electrons. The molecule has 0 unspecified atom stereocenters. The van der Waals surface area contributed by atoms with Crippen molar-refractivity contribution in [2.45, 2.75) is 20.3 Å². The first-order valence-corrected chi connectivity index (χ1v) is 9.27. The number of H-pyrrole nitrogens is 1. The van der Waals surface area contributed by atoms with E-state index in [2.05, 4.69) is 26.9 Å². The Bertz CT molecular complexity index is 979. The van der Waals surface area contributed by atoms with Gasteiger partial charge in [0.05, 0.1) is 11.1 Å². The quantitative estimate of drug-likeness (QED) is 0.340. The molecule has 1 aliphatic rings. The summed E-state index contributed by atoms with van der Waals surface area (Å²) in [6.07, 6.45) is 7.68. The van der Waals surface area contributed by atoms with E-state index in [4.69, 9.17) is 6.42 Å². The Hall–Kier alpha value is -3.30. The SMILES string of the molecule is C#CCCNCCNC(=O)c1c(C)[nH]c(/C=C2\C(=O)Nc3ccccc32)c1C. The zero-order valence-electron chi connectivity index (χ0n) is 16.1. The third kappa shape index (κ3) is 4.00. The van der Waals surface area contributed by atoms with E-state index in [1.165, 1.54) is 0 Å². The van der Waals surface area contributed by atoms with Gasteiger partial charge in [-0.15, -0.1) is 12.3 Å². The molecule has 0 aliphatic carbocycles. The molecule has 1 aromatic heterocycles. The first-order valence-electron chi connectivity index (χ1n) is 9.27. The van der Waals surface area contributed by atoms with Gasteiger partial charge in [0.15, 0.2) is 0 Å². The summed E-state index contributed by atoms with van der Waals surface area (Å²) in [6, 6.07) is 7.56. The number of fused-ring (bicyclic) bond motifs is 1. The number of aromatic amines is 1. The molecule has 0 atom stereocenters. The minimum Gasteiger partial charge on any atom is -0.358 e. The predicted octanol–water partition coefficient (Wildman–Crippen LogP) is 2.47. The number of carbonyl (C=O) groups excluding carboxylic acids is 2. The molecule has 0 fully saturated rings. The van der Waals surface area contributed by atoms with Crippen LogP contribution in [0.5, 0.6) is 0 Å². The van der Waals surface area contributed by atoms with Crippen LogP contribution in [0, 0.1) is 26.2 Å². The minimum atomic E-state index is -0.142. The largest absolute Gasteiger partial charge is 0.358 e. The van der Waals surface area contributed by atoms with Crippen molar-refractivity contribution in [3.63, 3.8) is 0 Å². The molecule has 28 heavy (non-hydrogen) atoms. The third-order valence-corrected chi connectivity index (χ3v) is 4.74. The normalized spacial score (nSPS) is 13.9. The highest BCUT2D eigenvalue weighted by molar-refractivity contribution is 6.34. The van der Waals surface area contributed by atoms with Gasteiger partial charge in [-0.25, -0.2) is 0 Å². The highest BCUT2D eigenvalue weighted by atomic mass is 16.2. The van der Waals surface area contributed by atoms with E-state index in [0.717, 1.165) is 34.7 Å². The Balaban J connectivity index is 1.75. The maximum atomic E-state index is 12.6. The molecule has 1 aliphatic heterocycles. The van der Waals surface area contributed by atoms with Gasteiger partial charge in [0.1, 0.15) is 0 Å². The minimum absolute atomic E-state index is 0.133. The third-order valence-electron chi connectivity index (χ3n) is 4.74. The molecule has 2 aromatic rings. The van der Waals surface area contributed by atoms with Crippen molar-refractivity contribution in [3.05, 3.63) is 52.3 Å². The van der Waals surface area contributed by atoms with Crippen LogP contribution in [0.4, 0.5) is 5.69 Å². The van der Waals surface area contributed by atoms with E-state index < -0.39 is 0 Å². The van der Waals surface area contributed by atoms with E-state index in [9.17, 15) is 9.59 Å². The Labute approximate surface area is 164 Å². The number of aromatic nitrogens is 1. The number of amides is 2. The lowest BCUT2D eigenvalue weighted by molar-refractivity contribution is -0.110. The molecule has 2 amide bonds. The number of terminal acetylenes is 1. The topological polar surface area (TPSA) is 86.0 Å². The van der Waals surface area contributed by atoms with E-state index in [0.29, 0.717) is 30.6 Å². The van der Waals surface area contributed by atoms with Crippen molar-refractivity contribution in [2.75, 3.05) is 25.0 Å². The van der Waals surface area contributed by atoms with Crippen LogP contribution < -0.4 is 16.0 Å². The molecule has 144 valence electrons. The lowest BCUT2D eigenvalue weighted by Gasteiger charge is -2.07. The van der Waals surface area contributed by atoms with Gasteiger partial charge in [0, 0.05) is 48.7 Å². The number of nitrogens with one attached hydrogen (secondary N) is 4. The van der Waals surface area contributed by atoms with Crippen molar-refractivity contribution >= 4 is 29.2 Å². The van der Waals surface area contributed by atoms with Crippen molar-refractivity contribution < 1.29 is 9.59 Å². The lowest BCUT2D eigenvalue weighted by atomic mass is 10.0. The summed E-state index contributed by atoms with van der Waals surface area (Å²) >= 11 is 0. The van der Waals surface area contributed by atoms with E-state index >= 15 is 0 Å². The van der Waals surface area contributed by atoms with Gasteiger partial charge in [-0.3, -0.25) is 9.59 Å². The number of aryl methyl sites for hydroxylation is 1. The molecule has 0 saturated carbocycles. The molecule has 6 nitrogen and oxygen atoms in total. The average molecular weight is 376 g/mol. The van der Waals surface area contributed by atoms with Crippen LogP contribution in [0.2, 0.25) is 0 Å². The highest BCUT2D eigenvalue weighted by Crippen LogP contribution is 2.33. The summed E-state index contributed by atoms with van der Waals surface area (Å²) in [6.45, 7) is 5.64. The Kier molecular flexibility index (Phi) is 5.97. The van der Waals surface area contributed by atoms with Gasteiger partial charge in [0.2, 0.25) is 0 Å². The molecular weight excluding hydrogens is 352 g/mol. The second-order valence-corrected chi connectivity index (χ2v) is 6.68. The van der Waals surface area contributed by atoms with Crippen molar-refractivity contribution in [2.24, 2.45) is 0 Å². The summed E-state index contributed by atoms with van der Waals surface area (Å²) in [7, 11) is 0. The zero-order valence-corrected chi connectivity index (χ0v) is 16.1. The number of hydrogen-bond acceptors (Lipinski definition) is 3. The van der Waals surface area contributed by atoms with Crippen LogP contribution in [-0.4, -0.2) is 36.4 Å². The summed E-state index contributed by atoms with van der Waals surface area (Å²) < 4.78 is 0. The Morgan fingerprint density at radius 1 is 1.21 bits per heavy atom. The molecule has 6 heteroatoms. The van der Waals surface area contributed by atoms with Gasteiger partial charge >= 0.3 is 0 Å². The van der Waals surface area contributed by atoms with E-state index in [1.54, 1.807) is 0 Å². The average Bonchev–Trinajstić information content (AvgIpc) is 3.14. The fraction of sp³-hybridized carbons (Fsp3) is 0.273. The van der Waals surface area contributed by atoms with Gasteiger partial charge in [-0.05, 0) is 31.6 Å². The van der Waals surface area contributed by atoms with Crippen LogP contribution in [-0.2, 0) is 4.79 Å². The number of para-hydroxylation sites is 1. The van der Waals surface area contributed by atoms with Crippen LogP contribution in [0.3, 0.4) is 0 Å². The summed E-state index contributed by atoms with van der Waals surface area (Å²) in [5.41, 5.74) is 5.22. The standard InChI is InChI=1S/C22H24N4O2/c1-4-5-10-23-11-12-24-22(28)20-14(2)19(25-15(20)3)13-17-16-8-6-7-9-18(16)26-21(17)27/h1,6-9,13,23,25H,5,10-12H2,2-3H3,(H,24,28)(H,26,27)/b17-13-. The van der Waals surface area contributed by atoms with Crippen molar-refractivity contribution in [3.8, 4) is 12.3 Å². The lowest BCUT2D eigenvalue weighted by Crippen LogP contribution is -2.32. The van der Waals surface area contributed by atoms with E-state index in [1.807, 2.05) is 44.2 Å². The second kappa shape index (κ2) is 8.59. The number of benzene rings is 1. The highest BCUT2D eigenvalue weighted by Gasteiger charge is 2.25. The maximum Gasteiger partial charge on any atom is 0.256 e. The number of anilines is 1. The molecule has 0 saturated heterocycles. The zero-order chi connectivity index (χ0) is 20.1.